The largest absolute Gasteiger partial charge is 0.480 e. The van der Waals surface area contributed by atoms with E-state index in [9.17, 15) is 14.7 Å². The Hall–Kier alpha value is -1.84. The van der Waals surface area contributed by atoms with Crippen molar-refractivity contribution in [2.75, 3.05) is 6.54 Å². The van der Waals surface area contributed by atoms with Crippen LogP contribution in [-0.4, -0.2) is 34.5 Å². The van der Waals surface area contributed by atoms with Gasteiger partial charge < -0.3 is 10.0 Å². The van der Waals surface area contributed by atoms with Gasteiger partial charge >= 0.3 is 5.97 Å². The Morgan fingerprint density at radius 1 is 1.25 bits per heavy atom. The number of hydrogen-bond donors (Lipinski definition) is 1. The van der Waals surface area contributed by atoms with Crippen molar-refractivity contribution in [1.29, 1.82) is 0 Å². The van der Waals surface area contributed by atoms with Crippen molar-refractivity contribution in [3.63, 3.8) is 0 Å². The summed E-state index contributed by atoms with van der Waals surface area (Å²) < 4.78 is 0. The van der Waals surface area contributed by atoms with Crippen LogP contribution in [0.2, 0.25) is 0 Å². The molecule has 0 aromatic heterocycles. The molecule has 20 heavy (non-hydrogen) atoms. The second kappa shape index (κ2) is 6.55. The van der Waals surface area contributed by atoms with Crippen molar-refractivity contribution in [2.45, 2.75) is 45.1 Å². The minimum absolute atomic E-state index is 0.167. The normalized spacial score (nSPS) is 18.9. The molecule has 4 nitrogen and oxygen atoms in total. The Balaban J connectivity index is 2.14. The quantitative estimate of drug-likeness (QED) is 0.919. The van der Waals surface area contributed by atoms with Gasteiger partial charge in [-0.15, -0.1) is 0 Å². The van der Waals surface area contributed by atoms with E-state index in [4.69, 9.17) is 0 Å². The summed E-state index contributed by atoms with van der Waals surface area (Å²) >= 11 is 0. The molecule has 1 saturated heterocycles. The fraction of sp³-hybridized carbons (Fsp3) is 0.500. The molecule has 0 saturated carbocycles. The third-order valence-corrected chi connectivity index (χ3v) is 3.79. The van der Waals surface area contributed by atoms with Gasteiger partial charge in [-0.2, -0.15) is 0 Å². The summed E-state index contributed by atoms with van der Waals surface area (Å²) in [6.45, 7) is 2.65. The molecule has 4 heteroatoms. The number of carbonyl (C=O) groups is 2. The average Bonchev–Trinajstić information content (AvgIpc) is 2.47. The zero-order valence-electron chi connectivity index (χ0n) is 11.8. The first-order chi connectivity index (χ1) is 9.63. The number of carboxylic acids is 1. The third kappa shape index (κ3) is 3.18. The number of rotatable bonds is 4. The van der Waals surface area contributed by atoms with Gasteiger partial charge in [-0.05, 0) is 43.4 Å². The molecular formula is C16H21NO3. The van der Waals surface area contributed by atoms with Crippen LogP contribution in [0.5, 0.6) is 0 Å². The van der Waals surface area contributed by atoms with E-state index < -0.39 is 12.0 Å². The standard InChI is InChI=1S/C16H21NO3/c1-2-5-12-7-9-13(10-8-12)15(18)17-11-4-3-6-14(17)16(19)20/h7-10,14H,2-6,11H2,1H3,(H,19,20). The summed E-state index contributed by atoms with van der Waals surface area (Å²) in [5.41, 5.74) is 1.79. The zero-order valence-corrected chi connectivity index (χ0v) is 11.8. The van der Waals surface area contributed by atoms with Crippen LogP contribution < -0.4 is 0 Å². The maximum absolute atomic E-state index is 12.4. The molecule has 1 aliphatic rings. The molecule has 1 aromatic rings. The highest BCUT2D eigenvalue weighted by Gasteiger charge is 2.32. The van der Waals surface area contributed by atoms with Crippen LogP contribution in [0.15, 0.2) is 24.3 Å². The number of amides is 1. The molecule has 1 heterocycles. The summed E-state index contributed by atoms with van der Waals surface area (Å²) in [5, 5.41) is 9.22. The minimum Gasteiger partial charge on any atom is -0.480 e. The molecular weight excluding hydrogens is 254 g/mol. The molecule has 1 aromatic carbocycles. The van der Waals surface area contributed by atoms with E-state index in [0.29, 0.717) is 18.5 Å². The van der Waals surface area contributed by atoms with Gasteiger partial charge in [0.15, 0.2) is 0 Å². The summed E-state index contributed by atoms with van der Waals surface area (Å²) in [4.78, 5) is 25.2. The van der Waals surface area contributed by atoms with Crippen LogP contribution in [0.4, 0.5) is 0 Å². The Morgan fingerprint density at radius 3 is 2.55 bits per heavy atom. The van der Waals surface area contributed by atoms with E-state index >= 15 is 0 Å². The first-order valence-corrected chi connectivity index (χ1v) is 7.26. The van der Waals surface area contributed by atoms with Crippen LogP contribution in [0.1, 0.15) is 48.5 Å². The highest BCUT2D eigenvalue weighted by molar-refractivity contribution is 5.96. The molecule has 1 atom stereocenters. The van der Waals surface area contributed by atoms with Gasteiger partial charge in [0.1, 0.15) is 6.04 Å². The second-order valence-electron chi connectivity index (χ2n) is 5.30. The lowest BCUT2D eigenvalue weighted by atomic mass is 10.00. The van der Waals surface area contributed by atoms with Gasteiger partial charge in [0.05, 0.1) is 0 Å². The molecule has 0 bridgehead atoms. The van der Waals surface area contributed by atoms with E-state index in [0.717, 1.165) is 25.7 Å². The topological polar surface area (TPSA) is 57.6 Å². The first kappa shape index (κ1) is 14.6. The van der Waals surface area contributed by atoms with E-state index in [2.05, 4.69) is 6.92 Å². The van der Waals surface area contributed by atoms with Gasteiger partial charge in [-0.1, -0.05) is 25.5 Å². The number of aryl methyl sites for hydroxylation is 1. The Morgan fingerprint density at radius 2 is 1.95 bits per heavy atom. The molecule has 1 aliphatic heterocycles. The predicted octanol–water partition coefficient (Wildman–Crippen LogP) is 2.72. The van der Waals surface area contributed by atoms with Gasteiger partial charge in [-0.3, -0.25) is 4.79 Å². The lowest BCUT2D eigenvalue weighted by Gasteiger charge is -2.33. The van der Waals surface area contributed by atoms with Gasteiger partial charge in [-0.25, -0.2) is 4.79 Å². The van der Waals surface area contributed by atoms with Crippen molar-refractivity contribution in [2.24, 2.45) is 0 Å². The lowest BCUT2D eigenvalue weighted by molar-refractivity contribution is -0.143. The maximum Gasteiger partial charge on any atom is 0.326 e. The summed E-state index contributed by atoms with van der Waals surface area (Å²) in [5.74, 6) is -1.07. The highest BCUT2D eigenvalue weighted by Crippen LogP contribution is 2.20. The zero-order chi connectivity index (χ0) is 14.5. The smallest absolute Gasteiger partial charge is 0.326 e. The molecule has 0 radical (unpaired) electrons. The van der Waals surface area contributed by atoms with Crippen molar-refractivity contribution < 1.29 is 14.7 Å². The average molecular weight is 275 g/mol. The maximum atomic E-state index is 12.4. The SMILES string of the molecule is CCCc1ccc(C(=O)N2CCCCC2C(=O)O)cc1. The number of carboxylic acid groups (broad SMARTS) is 1. The molecule has 108 valence electrons. The Labute approximate surface area is 119 Å². The fourth-order valence-corrected chi connectivity index (χ4v) is 2.70. The van der Waals surface area contributed by atoms with Crippen LogP contribution >= 0.6 is 0 Å². The number of carbonyl (C=O) groups excluding carboxylic acids is 1. The summed E-state index contributed by atoms with van der Waals surface area (Å²) in [7, 11) is 0. The third-order valence-electron chi connectivity index (χ3n) is 3.79. The Kier molecular flexibility index (Phi) is 4.77. The molecule has 1 fully saturated rings. The number of hydrogen-bond acceptors (Lipinski definition) is 2. The predicted molar refractivity (Wildman–Crippen MR) is 76.7 cm³/mol. The number of likely N-dealkylation sites (tertiary alicyclic amines) is 1. The number of aliphatic carboxylic acids is 1. The van der Waals surface area contributed by atoms with Gasteiger partial charge in [0, 0.05) is 12.1 Å². The van der Waals surface area contributed by atoms with Gasteiger partial charge in [0.2, 0.25) is 0 Å². The Bertz CT molecular complexity index is 481. The number of piperidine rings is 1. The minimum atomic E-state index is -0.902. The van der Waals surface area contributed by atoms with Crippen LogP contribution in [0.3, 0.4) is 0 Å². The lowest BCUT2D eigenvalue weighted by Crippen LogP contribution is -2.47. The molecule has 1 N–H and O–H groups in total. The van der Waals surface area contributed by atoms with Crippen LogP contribution in [0, 0.1) is 0 Å². The summed E-state index contributed by atoms with van der Waals surface area (Å²) in [6.07, 6.45) is 4.37. The molecule has 1 amide bonds. The molecule has 0 spiro atoms. The van der Waals surface area contributed by atoms with Crippen LogP contribution in [0.25, 0.3) is 0 Å². The second-order valence-corrected chi connectivity index (χ2v) is 5.30. The van der Waals surface area contributed by atoms with E-state index in [-0.39, 0.29) is 5.91 Å². The van der Waals surface area contributed by atoms with Crippen LogP contribution in [-0.2, 0) is 11.2 Å². The first-order valence-electron chi connectivity index (χ1n) is 7.26. The van der Waals surface area contributed by atoms with Crippen molar-refractivity contribution in [3.05, 3.63) is 35.4 Å². The fourth-order valence-electron chi connectivity index (χ4n) is 2.70. The highest BCUT2D eigenvalue weighted by atomic mass is 16.4. The monoisotopic (exact) mass is 275 g/mol. The number of nitrogens with zero attached hydrogens (tertiary/aromatic N) is 1. The molecule has 0 aliphatic carbocycles. The van der Waals surface area contributed by atoms with E-state index in [1.54, 1.807) is 12.1 Å². The van der Waals surface area contributed by atoms with Crippen molar-refractivity contribution in [3.8, 4) is 0 Å². The van der Waals surface area contributed by atoms with Gasteiger partial charge in [0.25, 0.3) is 5.91 Å². The van der Waals surface area contributed by atoms with E-state index in [1.807, 2.05) is 12.1 Å². The van der Waals surface area contributed by atoms with Crippen molar-refractivity contribution in [1.82, 2.24) is 4.90 Å². The summed E-state index contributed by atoms with van der Waals surface area (Å²) in [6, 6.07) is 6.85. The van der Waals surface area contributed by atoms with Crippen molar-refractivity contribution >= 4 is 11.9 Å². The molecule has 2 rings (SSSR count). The van der Waals surface area contributed by atoms with E-state index in [1.165, 1.54) is 10.5 Å². The molecule has 1 unspecified atom stereocenters. The number of benzene rings is 1.